The smallest absolute Gasteiger partial charge is 0.408 e. The number of aliphatic hydroxyl groups is 1. The highest BCUT2D eigenvalue weighted by atomic mass is 19.4. The van der Waals surface area contributed by atoms with Gasteiger partial charge in [-0.25, -0.2) is 4.79 Å². The van der Waals surface area contributed by atoms with Gasteiger partial charge in [-0.2, -0.15) is 13.2 Å². The van der Waals surface area contributed by atoms with Crippen LogP contribution in [-0.2, 0) is 9.53 Å². The van der Waals surface area contributed by atoms with Crippen molar-refractivity contribution in [2.24, 2.45) is 0 Å². The quantitative estimate of drug-likeness (QED) is 0.717. The van der Waals surface area contributed by atoms with Gasteiger partial charge in [0.05, 0.1) is 12.0 Å². The summed E-state index contributed by atoms with van der Waals surface area (Å²) in [5, 5.41) is 14.1. The number of ether oxygens (including phenoxy) is 1. The molecule has 0 aromatic carbocycles. The Labute approximate surface area is 127 Å². The van der Waals surface area contributed by atoms with Crippen LogP contribution < -0.4 is 10.6 Å². The summed E-state index contributed by atoms with van der Waals surface area (Å²) in [6.45, 7) is 6.67. The molecule has 1 atom stereocenters. The Morgan fingerprint density at radius 1 is 1.14 bits per heavy atom. The highest BCUT2D eigenvalue weighted by Gasteiger charge is 2.36. The van der Waals surface area contributed by atoms with Gasteiger partial charge in [-0.15, -0.1) is 0 Å². The average molecular weight is 328 g/mol. The van der Waals surface area contributed by atoms with Crippen LogP contribution in [0.1, 0.15) is 41.0 Å². The number of alkyl carbamates (subject to hydrolysis) is 1. The molecule has 0 heterocycles. The fourth-order valence-corrected chi connectivity index (χ4v) is 1.42. The zero-order chi connectivity index (χ0) is 17.8. The van der Waals surface area contributed by atoms with Crippen molar-refractivity contribution in [2.75, 3.05) is 6.54 Å². The third-order valence-corrected chi connectivity index (χ3v) is 2.34. The van der Waals surface area contributed by atoms with E-state index >= 15 is 0 Å². The summed E-state index contributed by atoms with van der Waals surface area (Å²) >= 11 is 0. The fourth-order valence-electron chi connectivity index (χ4n) is 1.42. The number of hydrogen-bond donors (Lipinski definition) is 3. The minimum atomic E-state index is -4.41. The topological polar surface area (TPSA) is 87.7 Å². The normalized spacial score (nSPS) is 14.2. The van der Waals surface area contributed by atoms with Crippen molar-refractivity contribution in [2.45, 2.75) is 64.5 Å². The monoisotopic (exact) mass is 328 g/mol. The Bertz CT molecular complexity index is 398. The molecular formula is C13H23F3N2O4. The van der Waals surface area contributed by atoms with Crippen LogP contribution in [0.25, 0.3) is 0 Å². The summed E-state index contributed by atoms with van der Waals surface area (Å²) in [6.07, 6.45) is -6.56. The first-order chi connectivity index (χ1) is 9.62. The first-order valence-electron chi connectivity index (χ1n) is 6.68. The van der Waals surface area contributed by atoms with Crippen LogP contribution in [0.4, 0.5) is 18.0 Å². The van der Waals surface area contributed by atoms with Gasteiger partial charge in [-0.3, -0.25) is 4.79 Å². The van der Waals surface area contributed by atoms with Gasteiger partial charge in [0.25, 0.3) is 0 Å². The van der Waals surface area contributed by atoms with E-state index in [1.807, 2.05) is 5.32 Å². The van der Waals surface area contributed by atoms with Crippen LogP contribution in [0.5, 0.6) is 0 Å². The predicted molar refractivity (Wildman–Crippen MR) is 73.1 cm³/mol. The van der Waals surface area contributed by atoms with Gasteiger partial charge in [0.1, 0.15) is 11.6 Å². The lowest BCUT2D eigenvalue weighted by molar-refractivity contribution is -0.137. The van der Waals surface area contributed by atoms with Gasteiger partial charge in [-0.1, -0.05) is 0 Å². The molecule has 0 saturated carbocycles. The molecule has 0 bridgehead atoms. The summed E-state index contributed by atoms with van der Waals surface area (Å²) in [6, 6.07) is -1.45. The number of halogens is 3. The Kier molecular flexibility index (Phi) is 6.68. The van der Waals surface area contributed by atoms with Crippen molar-refractivity contribution in [1.29, 1.82) is 0 Å². The lowest BCUT2D eigenvalue weighted by Gasteiger charge is -2.30. The number of amides is 2. The number of hydrogen-bond acceptors (Lipinski definition) is 4. The third-order valence-electron chi connectivity index (χ3n) is 2.34. The maximum atomic E-state index is 12.0. The minimum Gasteiger partial charge on any atom is -0.444 e. The van der Waals surface area contributed by atoms with Gasteiger partial charge in [0.2, 0.25) is 5.91 Å². The van der Waals surface area contributed by atoms with Gasteiger partial charge < -0.3 is 20.5 Å². The molecule has 0 aliphatic carbocycles. The zero-order valence-corrected chi connectivity index (χ0v) is 13.3. The molecule has 0 aromatic heterocycles. The highest BCUT2D eigenvalue weighted by Crippen LogP contribution is 2.18. The van der Waals surface area contributed by atoms with Crippen LogP contribution in [0.3, 0.4) is 0 Å². The first kappa shape index (κ1) is 20.5. The minimum absolute atomic E-state index is 0.648. The van der Waals surface area contributed by atoms with Crippen molar-refractivity contribution < 1.29 is 32.6 Å². The number of alkyl halides is 3. The van der Waals surface area contributed by atoms with Crippen molar-refractivity contribution >= 4 is 12.0 Å². The van der Waals surface area contributed by atoms with Crippen LogP contribution >= 0.6 is 0 Å². The SMILES string of the molecule is CC(C)(C)OC(=O)N[C@H](C(=O)NCCC(F)(F)F)C(C)(C)O. The maximum Gasteiger partial charge on any atom is 0.408 e. The van der Waals surface area contributed by atoms with Crippen LogP contribution in [0, 0.1) is 0 Å². The van der Waals surface area contributed by atoms with Crippen molar-refractivity contribution in [3.8, 4) is 0 Å². The Balaban J connectivity index is 4.72. The van der Waals surface area contributed by atoms with E-state index in [1.54, 1.807) is 20.8 Å². The predicted octanol–water partition coefficient (Wildman–Crippen LogP) is 1.72. The van der Waals surface area contributed by atoms with Crippen LogP contribution in [0.15, 0.2) is 0 Å². The summed E-state index contributed by atoms with van der Waals surface area (Å²) in [7, 11) is 0. The van der Waals surface area contributed by atoms with Crippen molar-refractivity contribution in [3.63, 3.8) is 0 Å². The van der Waals surface area contributed by atoms with Crippen LogP contribution in [0.2, 0.25) is 0 Å². The molecule has 9 heteroatoms. The molecule has 0 unspecified atom stereocenters. The summed E-state index contributed by atoms with van der Waals surface area (Å²) in [5.74, 6) is -0.928. The molecule has 6 nitrogen and oxygen atoms in total. The second-order valence-corrected chi connectivity index (χ2v) is 6.39. The van der Waals surface area contributed by atoms with E-state index in [1.165, 1.54) is 13.8 Å². The fraction of sp³-hybridized carbons (Fsp3) is 0.846. The highest BCUT2D eigenvalue weighted by molar-refractivity contribution is 5.86. The average Bonchev–Trinajstić information content (AvgIpc) is 2.19. The zero-order valence-electron chi connectivity index (χ0n) is 13.3. The van der Waals surface area contributed by atoms with Gasteiger partial charge in [0.15, 0.2) is 0 Å². The summed E-state index contributed by atoms with van der Waals surface area (Å²) in [5.41, 5.74) is -2.50. The maximum absolute atomic E-state index is 12.0. The largest absolute Gasteiger partial charge is 0.444 e. The lowest BCUT2D eigenvalue weighted by Crippen LogP contribution is -2.58. The molecule has 0 aliphatic rings. The van der Waals surface area contributed by atoms with Gasteiger partial charge in [0, 0.05) is 6.54 Å². The van der Waals surface area contributed by atoms with E-state index in [0.717, 1.165) is 0 Å². The van der Waals surface area contributed by atoms with E-state index in [4.69, 9.17) is 4.74 Å². The molecule has 0 aliphatic heterocycles. The Morgan fingerprint density at radius 3 is 2.00 bits per heavy atom. The van der Waals surface area contributed by atoms with E-state index in [-0.39, 0.29) is 0 Å². The van der Waals surface area contributed by atoms with E-state index in [2.05, 4.69) is 5.32 Å². The second kappa shape index (κ2) is 7.17. The van der Waals surface area contributed by atoms with Crippen molar-refractivity contribution in [3.05, 3.63) is 0 Å². The third kappa shape index (κ3) is 9.43. The molecule has 22 heavy (non-hydrogen) atoms. The lowest BCUT2D eigenvalue weighted by atomic mass is 9.98. The molecule has 3 N–H and O–H groups in total. The van der Waals surface area contributed by atoms with E-state index in [9.17, 15) is 27.9 Å². The van der Waals surface area contributed by atoms with E-state index < -0.39 is 48.4 Å². The van der Waals surface area contributed by atoms with Gasteiger partial charge in [-0.05, 0) is 34.6 Å². The molecular weight excluding hydrogens is 305 g/mol. The molecule has 0 fully saturated rings. The van der Waals surface area contributed by atoms with Crippen LogP contribution in [-0.4, -0.2) is 47.1 Å². The van der Waals surface area contributed by atoms with E-state index in [0.29, 0.717) is 0 Å². The van der Waals surface area contributed by atoms with Crippen molar-refractivity contribution in [1.82, 2.24) is 10.6 Å². The number of rotatable bonds is 5. The standard InChI is InChI=1S/C13H23F3N2O4/c1-11(2,3)22-10(20)18-8(12(4,5)21)9(19)17-7-6-13(14,15)16/h8,21H,6-7H2,1-5H3,(H,17,19)(H,18,20)/t8-/m1/s1. The summed E-state index contributed by atoms with van der Waals surface area (Å²) in [4.78, 5) is 23.5. The molecule has 0 aromatic rings. The Hall–Kier alpha value is -1.51. The first-order valence-corrected chi connectivity index (χ1v) is 6.68. The molecule has 0 radical (unpaired) electrons. The molecule has 2 amide bonds. The number of nitrogens with one attached hydrogen (secondary N) is 2. The molecule has 0 spiro atoms. The Morgan fingerprint density at radius 2 is 1.64 bits per heavy atom. The van der Waals surface area contributed by atoms with Gasteiger partial charge >= 0.3 is 12.3 Å². The second-order valence-electron chi connectivity index (χ2n) is 6.39. The number of carbonyl (C=O) groups is 2. The molecule has 0 saturated heterocycles. The molecule has 130 valence electrons. The number of carbonyl (C=O) groups excluding carboxylic acids is 2. The summed E-state index contributed by atoms with van der Waals surface area (Å²) < 4.78 is 41.1. The molecule has 0 rings (SSSR count).